The van der Waals surface area contributed by atoms with Crippen LogP contribution in [0.15, 0.2) is 4.79 Å². The molecule has 2 aromatic rings. The highest BCUT2D eigenvalue weighted by atomic mass is 32.1. The SMILES string of the molecule is CC1CCc2c(sc3nc(CCC(=O)N4CCC(N)CC4)[nH]c(=O)c23)C1. The van der Waals surface area contributed by atoms with Crippen molar-refractivity contribution in [3.05, 3.63) is 26.6 Å². The van der Waals surface area contributed by atoms with E-state index in [0.717, 1.165) is 55.4 Å². The predicted octanol–water partition coefficient (Wildman–Crippen LogP) is 1.99. The highest BCUT2D eigenvalue weighted by Gasteiger charge is 2.24. The molecule has 0 saturated carbocycles. The molecule has 2 aromatic heterocycles. The summed E-state index contributed by atoms with van der Waals surface area (Å²) in [6.45, 7) is 3.73. The van der Waals surface area contributed by atoms with E-state index in [1.807, 2.05) is 4.90 Å². The quantitative estimate of drug-likeness (QED) is 0.859. The first-order chi connectivity index (χ1) is 12.5. The third kappa shape index (κ3) is 3.42. The van der Waals surface area contributed by atoms with Crippen molar-refractivity contribution >= 4 is 27.5 Å². The molecule has 0 spiro atoms. The number of aromatic nitrogens is 2. The van der Waals surface area contributed by atoms with Gasteiger partial charge in [0.1, 0.15) is 10.7 Å². The lowest BCUT2D eigenvalue weighted by Crippen LogP contribution is -2.42. The molecule has 1 unspecified atom stereocenters. The summed E-state index contributed by atoms with van der Waals surface area (Å²) in [7, 11) is 0. The maximum Gasteiger partial charge on any atom is 0.259 e. The molecule has 2 aliphatic rings. The zero-order valence-corrected chi connectivity index (χ0v) is 16.0. The van der Waals surface area contributed by atoms with Gasteiger partial charge in [-0.05, 0) is 43.6 Å². The van der Waals surface area contributed by atoms with Gasteiger partial charge in [0.05, 0.1) is 5.39 Å². The molecule has 1 aliphatic heterocycles. The summed E-state index contributed by atoms with van der Waals surface area (Å²) < 4.78 is 0. The van der Waals surface area contributed by atoms with Gasteiger partial charge in [-0.3, -0.25) is 9.59 Å². The second-order valence-corrected chi connectivity index (χ2v) is 8.85. The van der Waals surface area contributed by atoms with Crippen molar-refractivity contribution in [3.63, 3.8) is 0 Å². The van der Waals surface area contributed by atoms with Gasteiger partial charge >= 0.3 is 0 Å². The van der Waals surface area contributed by atoms with Gasteiger partial charge in [-0.15, -0.1) is 11.3 Å². The second-order valence-electron chi connectivity index (χ2n) is 7.76. The molecule has 1 amide bonds. The maximum atomic E-state index is 12.6. The van der Waals surface area contributed by atoms with Crippen molar-refractivity contribution in [2.45, 2.75) is 57.9 Å². The predicted molar refractivity (Wildman–Crippen MR) is 104 cm³/mol. The topological polar surface area (TPSA) is 92.1 Å². The van der Waals surface area contributed by atoms with E-state index >= 15 is 0 Å². The molecule has 1 fully saturated rings. The number of fused-ring (bicyclic) bond motifs is 3. The van der Waals surface area contributed by atoms with Gasteiger partial charge in [0, 0.05) is 36.9 Å². The van der Waals surface area contributed by atoms with Crippen LogP contribution in [0.1, 0.15) is 48.9 Å². The highest BCUT2D eigenvalue weighted by Crippen LogP contribution is 2.35. The van der Waals surface area contributed by atoms with Crippen molar-refractivity contribution < 1.29 is 4.79 Å². The van der Waals surface area contributed by atoms with Crippen LogP contribution < -0.4 is 11.3 Å². The van der Waals surface area contributed by atoms with Crippen molar-refractivity contribution in [2.24, 2.45) is 11.7 Å². The van der Waals surface area contributed by atoms with Gasteiger partial charge in [-0.2, -0.15) is 0 Å². The Morgan fingerprint density at radius 1 is 1.35 bits per heavy atom. The van der Waals surface area contributed by atoms with Gasteiger partial charge in [-0.25, -0.2) is 4.98 Å². The summed E-state index contributed by atoms with van der Waals surface area (Å²) in [5, 5.41) is 0.775. The van der Waals surface area contributed by atoms with Gasteiger partial charge in [0.2, 0.25) is 5.91 Å². The monoisotopic (exact) mass is 374 g/mol. The lowest BCUT2D eigenvalue weighted by Gasteiger charge is -2.30. The van der Waals surface area contributed by atoms with E-state index in [0.29, 0.717) is 24.6 Å². The fourth-order valence-electron chi connectivity index (χ4n) is 4.04. The van der Waals surface area contributed by atoms with Crippen molar-refractivity contribution in [1.29, 1.82) is 0 Å². The fourth-order valence-corrected chi connectivity index (χ4v) is 5.45. The lowest BCUT2D eigenvalue weighted by atomic mass is 9.89. The summed E-state index contributed by atoms with van der Waals surface area (Å²) in [4.78, 5) is 36.6. The number of aryl methyl sites for hydroxylation is 2. The molecule has 6 nitrogen and oxygen atoms in total. The number of nitrogens with one attached hydrogen (secondary N) is 1. The largest absolute Gasteiger partial charge is 0.343 e. The first-order valence-electron chi connectivity index (χ1n) is 9.58. The number of nitrogens with zero attached hydrogens (tertiary/aromatic N) is 2. The number of carbonyl (C=O) groups excluding carboxylic acids is 1. The van der Waals surface area contributed by atoms with Gasteiger partial charge in [-0.1, -0.05) is 6.92 Å². The molecule has 0 radical (unpaired) electrons. The third-order valence-corrected chi connectivity index (χ3v) is 6.83. The van der Waals surface area contributed by atoms with Crippen LogP contribution in [0.4, 0.5) is 0 Å². The van der Waals surface area contributed by atoms with Crippen LogP contribution in [0, 0.1) is 5.92 Å². The van der Waals surface area contributed by atoms with E-state index in [2.05, 4.69) is 16.9 Å². The Hall–Kier alpha value is -1.73. The number of hydrogen-bond acceptors (Lipinski definition) is 5. The van der Waals surface area contributed by atoms with E-state index in [9.17, 15) is 9.59 Å². The number of hydrogen-bond donors (Lipinski definition) is 2. The summed E-state index contributed by atoms with van der Waals surface area (Å²) in [5.74, 6) is 1.42. The minimum atomic E-state index is -0.0477. The molecule has 4 rings (SSSR count). The molecule has 1 atom stereocenters. The molecule has 140 valence electrons. The minimum absolute atomic E-state index is 0.0477. The molecular weight excluding hydrogens is 348 g/mol. The van der Waals surface area contributed by atoms with E-state index in [1.54, 1.807) is 11.3 Å². The Morgan fingerprint density at radius 2 is 2.12 bits per heavy atom. The van der Waals surface area contributed by atoms with Crippen LogP contribution in [0.5, 0.6) is 0 Å². The molecular formula is C19H26N4O2S. The molecule has 26 heavy (non-hydrogen) atoms. The summed E-state index contributed by atoms with van der Waals surface area (Å²) in [5.41, 5.74) is 7.05. The van der Waals surface area contributed by atoms with Crippen LogP contribution in [0.3, 0.4) is 0 Å². The van der Waals surface area contributed by atoms with Crippen molar-refractivity contribution in [2.75, 3.05) is 13.1 Å². The number of amides is 1. The van der Waals surface area contributed by atoms with E-state index < -0.39 is 0 Å². The highest BCUT2D eigenvalue weighted by molar-refractivity contribution is 7.18. The average molecular weight is 375 g/mol. The average Bonchev–Trinajstić information content (AvgIpc) is 2.98. The first-order valence-corrected chi connectivity index (χ1v) is 10.4. The van der Waals surface area contributed by atoms with E-state index in [1.165, 1.54) is 10.4 Å². The van der Waals surface area contributed by atoms with Crippen molar-refractivity contribution in [1.82, 2.24) is 14.9 Å². The number of H-pyrrole nitrogens is 1. The van der Waals surface area contributed by atoms with Crippen LogP contribution in [0.25, 0.3) is 10.2 Å². The van der Waals surface area contributed by atoms with Gasteiger partial charge < -0.3 is 15.6 Å². The second kappa shape index (κ2) is 7.12. The summed E-state index contributed by atoms with van der Waals surface area (Å²) in [6, 6.07) is 0.215. The molecule has 1 aliphatic carbocycles. The lowest BCUT2D eigenvalue weighted by molar-refractivity contribution is -0.132. The normalized spacial score (nSPS) is 21.2. The molecule has 3 heterocycles. The Kier molecular flexibility index (Phi) is 4.84. The number of piperidine rings is 1. The number of aromatic amines is 1. The Bertz CT molecular complexity index is 880. The molecule has 1 saturated heterocycles. The smallest absolute Gasteiger partial charge is 0.259 e. The molecule has 0 aromatic carbocycles. The summed E-state index contributed by atoms with van der Waals surface area (Å²) in [6.07, 6.45) is 5.74. The zero-order chi connectivity index (χ0) is 18.3. The Morgan fingerprint density at radius 3 is 2.88 bits per heavy atom. The maximum absolute atomic E-state index is 12.6. The van der Waals surface area contributed by atoms with Crippen LogP contribution >= 0.6 is 11.3 Å². The first kappa shape index (κ1) is 17.7. The van der Waals surface area contributed by atoms with E-state index in [-0.39, 0.29) is 17.5 Å². The standard InChI is InChI=1S/C19H26N4O2S/c1-11-2-3-13-14(10-11)26-19-17(13)18(25)21-15(22-19)4-5-16(24)23-8-6-12(20)7-9-23/h11-12H,2-10,20H2,1H3,(H,21,22,25). The number of rotatable bonds is 3. The van der Waals surface area contributed by atoms with Gasteiger partial charge in [0.15, 0.2) is 0 Å². The van der Waals surface area contributed by atoms with E-state index in [4.69, 9.17) is 5.73 Å². The fraction of sp³-hybridized carbons (Fsp3) is 0.632. The minimum Gasteiger partial charge on any atom is -0.343 e. The number of likely N-dealkylation sites (tertiary alicyclic amines) is 1. The van der Waals surface area contributed by atoms with Crippen LogP contribution in [-0.2, 0) is 24.1 Å². The molecule has 7 heteroatoms. The number of nitrogens with two attached hydrogens (primary N) is 1. The molecule has 0 bridgehead atoms. The molecule has 3 N–H and O–H groups in total. The van der Waals surface area contributed by atoms with Crippen LogP contribution in [-0.4, -0.2) is 39.9 Å². The summed E-state index contributed by atoms with van der Waals surface area (Å²) >= 11 is 1.65. The number of thiophene rings is 1. The van der Waals surface area contributed by atoms with Crippen LogP contribution in [0.2, 0.25) is 0 Å². The van der Waals surface area contributed by atoms with Gasteiger partial charge in [0.25, 0.3) is 5.56 Å². The number of carbonyl (C=O) groups is 1. The third-order valence-electron chi connectivity index (χ3n) is 5.68. The Labute approximate surface area is 156 Å². The Balaban J connectivity index is 1.49. The van der Waals surface area contributed by atoms with Crippen molar-refractivity contribution in [3.8, 4) is 0 Å². The zero-order valence-electron chi connectivity index (χ0n) is 15.2.